The number of anilines is 1. The summed E-state index contributed by atoms with van der Waals surface area (Å²) >= 11 is 0. The molecule has 0 atom stereocenters. The van der Waals surface area contributed by atoms with Crippen LogP contribution in [0.4, 0.5) is 11.4 Å². The highest BCUT2D eigenvalue weighted by molar-refractivity contribution is 7.89. The maximum atomic E-state index is 13.4. The van der Waals surface area contributed by atoms with E-state index in [0.717, 1.165) is 17.2 Å². The Labute approximate surface area is 193 Å². The van der Waals surface area contributed by atoms with Crippen LogP contribution in [0.15, 0.2) is 83.8 Å². The summed E-state index contributed by atoms with van der Waals surface area (Å²) in [5.41, 5.74) is 2.23. The molecule has 1 aliphatic rings. The molecule has 0 unspecified atom stereocenters. The second kappa shape index (κ2) is 10.1. The first-order valence-corrected chi connectivity index (χ1v) is 12.1. The van der Waals surface area contributed by atoms with Crippen molar-refractivity contribution in [2.24, 2.45) is 0 Å². The molecule has 0 aromatic heterocycles. The van der Waals surface area contributed by atoms with Gasteiger partial charge in [0.2, 0.25) is 10.0 Å². The lowest BCUT2D eigenvalue weighted by Crippen LogP contribution is -2.40. The van der Waals surface area contributed by atoms with Crippen molar-refractivity contribution < 1.29 is 18.1 Å². The van der Waals surface area contributed by atoms with Gasteiger partial charge in [-0.1, -0.05) is 60.7 Å². The number of ether oxygens (including phenoxy) is 1. The van der Waals surface area contributed by atoms with Crippen molar-refractivity contribution in [2.45, 2.75) is 10.8 Å². The van der Waals surface area contributed by atoms with E-state index < -0.39 is 14.9 Å². The molecule has 1 N–H and O–H groups in total. The Kier molecular flexibility index (Phi) is 7.02. The van der Waals surface area contributed by atoms with Crippen LogP contribution in [-0.2, 0) is 14.8 Å². The summed E-state index contributed by atoms with van der Waals surface area (Å²) < 4.78 is 33.3. The van der Waals surface area contributed by atoms with E-state index in [1.807, 2.05) is 60.7 Å². The van der Waals surface area contributed by atoms with Gasteiger partial charge in [-0.3, -0.25) is 10.1 Å². The van der Waals surface area contributed by atoms with Gasteiger partial charge in [0, 0.05) is 37.7 Å². The lowest BCUT2D eigenvalue weighted by atomic mass is 9.91. The number of benzene rings is 3. The van der Waals surface area contributed by atoms with Crippen molar-refractivity contribution in [2.75, 3.05) is 38.2 Å². The predicted octanol–water partition coefficient (Wildman–Crippen LogP) is 3.86. The molecule has 1 heterocycles. The largest absolute Gasteiger partial charge is 0.383 e. The zero-order valence-electron chi connectivity index (χ0n) is 18.0. The Hall–Kier alpha value is -3.27. The summed E-state index contributed by atoms with van der Waals surface area (Å²) in [7, 11) is -3.94. The first-order chi connectivity index (χ1) is 16.0. The van der Waals surface area contributed by atoms with Gasteiger partial charge in [-0.15, -0.1) is 0 Å². The highest BCUT2D eigenvalue weighted by Crippen LogP contribution is 2.31. The number of nitro benzene ring substituents is 1. The Morgan fingerprint density at radius 2 is 1.52 bits per heavy atom. The molecule has 3 aromatic carbocycles. The molecule has 172 valence electrons. The number of hydrogen-bond donors (Lipinski definition) is 1. The standard InChI is InChI=1S/C24H25N3O5S/c28-27(29)21-11-12-23(24(17-21)33(30,31)26-13-15-32-16-14-26)25-18-22(19-7-3-1-4-8-19)20-9-5-2-6-10-20/h1-12,17,22,25H,13-16,18H2. The second-order valence-corrected chi connectivity index (χ2v) is 9.62. The van der Waals surface area contributed by atoms with E-state index in [1.54, 1.807) is 0 Å². The molecular weight excluding hydrogens is 442 g/mol. The minimum absolute atomic E-state index is 0.0402. The third-order valence-electron chi connectivity index (χ3n) is 5.66. The number of nitrogens with zero attached hydrogens (tertiary/aromatic N) is 2. The van der Waals surface area contributed by atoms with Crippen LogP contribution in [-0.4, -0.2) is 50.5 Å². The number of non-ortho nitro benzene ring substituents is 1. The van der Waals surface area contributed by atoms with Gasteiger partial charge in [-0.2, -0.15) is 4.31 Å². The SMILES string of the molecule is O=[N+]([O-])c1ccc(NCC(c2ccccc2)c2ccccc2)c(S(=O)(=O)N2CCOCC2)c1. The molecule has 0 amide bonds. The third kappa shape index (κ3) is 5.22. The highest BCUT2D eigenvalue weighted by atomic mass is 32.2. The quantitative estimate of drug-likeness (QED) is 0.399. The van der Waals surface area contributed by atoms with Crippen molar-refractivity contribution in [3.63, 3.8) is 0 Å². The first kappa shape index (κ1) is 22.9. The van der Waals surface area contributed by atoms with Crippen LogP contribution in [0.2, 0.25) is 0 Å². The maximum Gasteiger partial charge on any atom is 0.270 e. The molecular formula is C24H25N3O5S. The fraction of sp³-hybridized carbons (Fsp3) is 0.250. The van der Waals surface area contributed by atoms with Gasteiger partial charge in [-0.05, 0) is 17.2 Å². The van der Waals surface area contributed by atoms with E-state index in [1.165, 1.54) is 16.4 Å². The minimum Gasteiger partial charge on any atom is -0.383 e. The van der Waals surface area contributed by atoms with Crippen LogP contribution in [0.5, 0.6) is 0 Å². The van der Waals surface area contributed by atoms with Gasteiger partial charge >= 0.3 is 0 Å². The molecule has 0 aliphatic carbocycles. The number of sulfonamides is 1. The Morgan fingerprint density at radius 1 is 0.939 bits per heavy atom. The Morgan fingerprint density at radius 3 is 2.06 bits per heavy atom. The number of hydrogen-bond acceptors (Lipinski definition) is 6. The summed E-state index contributed by atoms with van der Waals surface area (Å²) in [5, 5.41) is 14.6. The second-order valence-electron chi connectivity index (χ2n) is 7.71. The van der Waals surface area contributed by atoms with E-state index in [0.29, 0.717) is 25.4 Å². The van der Waals surface area contributed by atoms with E-state index in [9.17, 15) is 18.5 Å². The lowest BCUT2D eigenvalue weighted by Gasteiger charge is -2.27. The molecule has 0 spiro atoms. The molecule has 3 aromatic rings. The zero-order chi connectivity index (χ0) is 23.3. The van der Waals surface area contributed by atoms with Crippen molar-refractivity contribution in [1.29, 1.82) is 0 Å². The Balaban J connectivity index is 1.68. The molecule has 33 heavy (non-hydrogen) atoms. The van der Waals surface area contributed by atoms with Crippen molar-refractivity contribution in [3.8, 4) is 0 Å². The molecule has 1 saturated heterocycles. The van der Waals surface area contributed by atoms with Crippen LogP contribution in [0.25, 0.3) is 0 Å². The van der Waals surface area contributed by atoms with Crippen molar-refractivity contribution in [1.82, 2.24) is 4.31 Å². The van der Waals surface area contributed by atoms with Crippen LogP contribution >= 0.6 is 0 Å². The monoisotopic (exact) mass is 467 g/mol. The van der Waals surface area contributed by atoms with E-state index >= 15 is 0 Å². The minimum atomic E-state index is -3.94. The topological polar surface area (TPSA) is 102 Å². The van der Waals surface area contributed by atoms with E-state index in [-0.39, 0.29) is 29.6 Å². The van der Waals surface area contributed by atoms with Crippen LogP contribution in [0, 0.1) is 10.1 Å². The van der Waals surface area contributed by atoms with Gasteiger partial charge in [-0.25, -0.2) is 8.42 Å². The van der Waals surface area contributed by atoms with Gasteiger partial charge in [0.15, 0.2) is 0 Å². The van der Waals surface area contributed by atoms with E-state index in [2.05, 4.69) is 5.32 Å². The van der Waals surface area contributed by atoms with Gasteiger partial charge in [0.25, 0.3) is 5.69 Å². The molecule has 4 rings (SSSR count). The first-order valence-electron chi connectivity index (χ1n) is 10.7. The average molecular weight is 468 g/mol. The normalized spacial score (nSPS) is 14.8. The molecule has 1 fully saturated rings. The predicted molar refractivity (Wildman–Crippen MR) is 126 cm³/mol. The summed E-state index contributed by atoms with van der Waals surface area (Å²) in [4.78, 5) is 10.7. The van der Waals surface area contributed by atoms with Gasteiger partial charge in [0.05, 0.1) is 23.8 Å². The molecule has 9 heteroatoms. The van der Waals surface area contributed by atoms with Crippen LogP contribution in [0.1, 0.15) is 17.0 Å². The molecule has 8 nitrogen and oxygen atoms in total. The van der Waals surface area contributed by atoms with Crippen LogP contribution < -0.4 is 5.32 Å². The van der Waals surface area contributed by atoms with E-state index in [4.69, 9.17) is 4.74 Å². The average Bonchev–Trinajstić information content (AvgIpc) is 2.86. The number of morpholine rings is 1. The highest BCUT2D eigenvalue weighted by Gasteiger charge is 2.30. The fourth-order valence-corrected chi connectivity index (χ4v) is 5.52. The lowest BCUT2D eigenvalue weighted by molar-refractivity contribution is -0.385. The molecule has 0 radical (unpaired) electrons. The smallest absolute Gasteiger partial charge is 0.270 e. The summed E-state index contributed by atoms with van der Waals surface area (Å²) in [6.07, 6.45) is 0. The fourth-order valence-electron chi connectivity index (χ4n) is 3.92. The molecule has 0 saturated carbocycles. The van der Waals surface area contributed by atoms with Crippen molar-refractivity contribution in [3.05, 3.63) is 100 Å². The maximum absolute atomic E-state index is 13.4. The zero-order valence-corrected chi connectivity index (χ0v) is 18.8. The summed E-state index contributed by atoms with van der Waals surface area (Å²) in [6, 6.07) is 23.8. The number of nitrogens with one attached hydrogen (secondary N) is 1. The Bertz CT molecular complexity index is 1160. The van der Waals surface area contributed by atoms with Gasteiger partial charge < -0.3 is 10.1 Å². The third-order valence-corrected chi connectivity index (χ3v) is 7.60. The number of nitro groups is 1. The molecule has 1 aliphatic heterocycles. The van der Waals surface area contributed by atoms with Crippen molar-refractivity contribution >= 4 is 21.4 Å². The van der Waals surface area contributed by atoms with Crippen LogP contribution in [0.3, 0.4) is 0 Å². The molecule has 0 bridgehead atoms. The summed E-state index contributed by atoms with van der Waals surface area (Å²) in [5.74, 6) is -0.0402. The van der Waals surface area contributed by atoms with Gasteiger partial charge in [0.1, 0.15) is 4.90 Å². The summed E-state index contributed by atoms with van der Waals surface area (Å²) in [6.45, 7) is 1.42. The number of rotatable bonds is 8.